The highest BCUT2D eigenvalue weighted by atomic mass is 16.5. The molecule has 0 spiro atoms. The molecule has 1 saturated carbocycles. The summed E-state index contributed by atoms with van der Waals surface area (Å²) in [6.07, 6.45) is 6.53. The van der Waals surface area contributed by atoms with Gasteiger partial charge < -0.3 is 15.4 Å². The molecule has 0 unspecified atom stereocenters. The Bertz CT molecular complexity index is 250. The second-order valence-electron chi connectivity index (χ2n) is 5.45. The SMILES string of the molecule is CCOCCN(C)C(=O)CC1(CN)CCCCC1. The number of hydrogen-bond donors (Lipinski definition) is 1. The van der Waals surface area contributed by atoms with Gasteiger partial charge in [0.05, 0.1) is 6.61 Å². The summed E-state index contributed by atoms with van der Waals surface area (Å²) in [6, 6.07) is 0. The fourth-order valence-electron chi connectivity index (χ4n) is 2.68. The summed E-state index contributed by atoms with van der Waals surface area (Å²) in [5.41, 5.74) is 5.98. The quantitative estimate of drug-likeness (QED) is 0.706. The second-order valence-corrected chi connectivity index (χ2v) is 5.45. The minimum Gasteiger partial charge on any atom is -0.380 e. The van der Waals surface area contributed by atoms with E-state index < -0.39 is 0 Å². The Morgan fingerprint density at radius 1 is 1.33 bits per heavy atom. The van der Waals surface area contributed by atoms with Gasteiger partial charge in [-0.05, 0) is 31.7 Å². The van der Waals surface area contributed by atoms with Crippen LogP contribution in [0.2, 0.25) is 0 Å². The van der Waals surface area contributed by atoms with Gasteiger partial charge >= 0.3 is 0 Å². The van der Waals surface area contributed by atoms with Crippen LogP contribution in [-0.4, -0.2) is 44.2 Å². The Morgan fingerprint density at radius 2 is 2.00 bits per heavy atom. The number of rotatable bonds is 7. The van der Waals surface area contributed by atoms with E-state index in [-0.39, 0.29) is 11.3 Å². The molecule has 0 saturated heterocycles. The van der Waals surface area contributed by atoms with Crippen molar-refractivity contribution in [1.29, 1.82) is 0 Å². The highest BCUT2D eigenvalue weighted by Gasteiger charge is 2.33. The van der Waals surface area contributed by atoms with E-state index in [0.29, 0.717) is 32.7 Å². The molecule has 0 aromatic rings. The average molecular weight is 256 g/mol. The maximum absolute atomic E-state index is 12.2. The Morgan fingerprint density at radius 3 is 2.56 bits per heavy atom. The summed E-state index contributed by atoms with van der Waals surface area (Å²) in [6.45, 7) is 4.60. The Balaban J connectivity index is 2.40. The van der Waals surface area contributed by atoms with Gasteiger partial charge in [0.15, 0.2) is 0 Å². The van der Waals surface area contributed by atoms with Gasteiger partial charge in [-0.25, -0.2) is 0 Å². The molecule has 0 aliphatic heterocycles. The average Bonchev–Trinajstić information content (AvgIpc) is 2.40. The first-order valence-electron chi connectivity index (χ1n) is 7.15. The van der Waals surface area contributed by atoms with Crippen LogP contribution in [0.5, 0.6) is 0 Å². The smallest absolute Gasteiger partial charge is 0.222 e. The van der Waals surface area contributed by atoms with E-state index in [1.165, 1.54) is 19.3 Å². The third-order valence-corrected chi connectivity index (χ3v) is 4.07. The maximum Gasteiger partial charge on any atom is 0.222 e. The van der Waals surface area contributed by atoms with Crippen LogP contribution in [0, 0.1) is 5.41 Å². The van der Waals surface area contributed by atoms with Crippen molar-refractivity contribution in [3.63, 3.8) is 0 Å². The maximum atomic E-state index is 12.2. The molecule has 1 aliphatic carbocycles. The fourth-order valence-corrected chi connectivity index (χ4v) is 2.68. The molecule has 0 aromatic carbocycles. The molecule has 2 N–H and O–H groups in total. The number of hydrogen-bond acceptors (Lipinski definition) is 3. The van der Waals surface area contributed by atoms with Gasteiger partial charge in [-0.2, -0.15) is 0 Å². The lowest BCUT2D eigenvalue weighted by Gasteiger charge is -2.36. The van der Waals surface area contributed by atoms with Crippen LogP contribution >= 0.6 is 0 Å². The largest absolute Gasteiger partial charge is 0.380 e. The molecule has 1 fully saturated rings. The molecule has 0 heterocycles. The van der Waals surface area contributed by atoms with Crippen LogP contribution < -0.4 is 5.73 Å². The molecule has 18 heavy (non-hydrogen) atoms. The van der Waals surface area contributed by atoms with Crippen molar-refractivity contribution in [1.82, 2.24) is 4.90 Å². The molecule has 1 rings (SSSR count). The fraction of sp³-hybridized carbons (Fsp3) is 0.929. The minimum atomic E-state index is 0.0647. The highest BCUT2D eigenvalue weighted by molar-refractivity contribution is 5.76. The molecule has 0 bridgehead atoms. The van der Waals surface area contributed by atoms with Gasteiger partial charge in [-0.3, -0.25) is 4.79 Å². The third-order valence-electron chi connectivity index (χ3n) is 4.07. The van der Waals surface area contributed by atoms with E-state index in [9.17, 15) is 4.79 Å². The summed E-state index contributed by atoms with van der Waals surface area (Å²) in [5, 5.41) is 0. The van der Waals surface area contributed by atoms with Crippen LogP contribution in [0.4, 0.5) is 0 Å². The third kappa shape index (κ3) is 4.58. The molecular weight excluding hydrogens is 228 g/mol. The zero-order valence-electron chi connectivity index (χ0n) is 11.9. The molecule has 4 heteroatoms. The Labute approximate surface area is 111 Å². The van der Waals surface area contributed by atoms with E-state index in [1.54, 1.807) is 4.90 Å². The lowest BCUT2D eigenvalue weighted by molar-refractivity contribution is -0.133. The monoisotopic (exact) mass is 256 g/mol. The number of nitrogens with two attached hydrogens (primary N) is 1. The predicted molar refractivity (Wildman–Crippen MR) is 73.3 cm³/mol. The van der Waals surface area contributed by atoms with Crippen molar-refractivity contribution in [2.75, 3.05) is 33.4 Å². The van der Waals surface area contributed by atoms with Crippen molar-refractivity contribution in [3.05, 3.63) is 0 Å². The van der Waals surface area contributed by atoms with Gasteiger partial charge in [0.25, 0.3) is 0 Å². The zero-order valence-corrected chi connectivity index (χ0v) is 11.9. The van der Waals surface area contributed by atoms with Crippen molar-refractivity contribution in [3.8, 4) is 0 Å². The summed E-state index contributed by atoms with van der Waals surface area (Å²) < 4.78 is 5.28. The standard InChI is InChI=1S/C14H28N2O2/c1-3-18-10-9-16(2)13(17)11-14(12-15)7-5-4-6-8-14/h3-12,15H2,1-2H3. The first-order valence-corrected chi connectivity index (χ1v) is 7.15. The molecule has 106 valence electrons. The molecule has 0 aromatic heterocycles. The van der Waals surface area contributed by atoms with Gasteiger partial charge in [-0.1, -0.05) is 19.3 Å². The zero-order chi connectivity index (χ0) is 13.4. The second kappa shape index (κ2) is 7.74. The van der Waals surface area contributed by atoms with Gasteiger partial charge in [0.1, 0.15) is 0 Å². The van der Waals surface area contributed by atoms with Gasteiger partial charge in [-0.15, -0.1) is 0 Å². The van der Waals surface area contributed by atoms with Gasteiger partial charge in [0.2, 0.25) is 5.91 Å². The van der Waals surface area contributed by atoms with Crippen molar-refractivity contribution < 1.29 is 9.53 Å². The minimum absolute atomic E-state index is 0.0647. The first-order chi connectivity index (χ1) is 8.63. The molecular formula is C14H28N2O2. The molecule has 1 amide bonds. The number of carbonyl (C=O) groups is 1. The molecule has 4 nitrogen and oxygen atoms in total. The topological polar surface area (TPSA) is 55.6 Å². The lowest BCUT2D eigenvalue weighted by atomic mass is 9.71. The molecule has 0 atom stereocenters. The highest BCUT2D eigenvalue weighted by Crippen LogP contribution is 2.38. The van der Waals surface area contributed by atoms with Crippen LogP contribution in [-0.2, 0) is 9.53 Å². The van der Waals surface area contributed by atoms with Crippen molar-refractivity contribution >= 4 is 5.91 Å². The van der Waals surface area contributed by atoms with Crippen LogP contribution in [0.15, 0.2) is 0 Å². The Hall–Kier alpha value is -0.610. The number of nitrogens with zero attached hydrogens (tertiary/aromatic N) is 1. The number of likely N-dealkylation sites (N-methyl/N-ethyl adjacent to an activating group) is 1. The summed E-state index contributed by atoms with van der Waals surface area (Å²) >= 11 is 0. The number of carbonyl (C=O) groups excluding carboxylic acids is 1. The van der Waals surface area contributed by atoms with E-state index in [0.717, 1.165) is 12.8 Å². The lowest BCUT2D eigenvalue weighted by Crippen LogP contribution is -2.40. The molecule has 1 aliphatic rings. The van der Waals surface area contributed by atoms with Crippen LogP contribution in [0.25, 0.3) is 0 Å². The number of amides is 1. The predicted octanol–water partition coefficient (Wildman–Crippen LogP) is 1.78. The summed E-state index contributed by atoms with van der Waals surface area (Å²) in [4.78, 5) is 14.0. The van der Waals surface area contributed by atoms with E-state index in [1.807, 2.05) is 14.0 Å². The number of ether oxygens (including phenoxy) is 1. The van der Waals surface area contributed by atoms with Crippen molar-refractivity contribution in [2.24, 2.45) is 11.1 Å². The van der Waals surface area contributed by atoms with Crippen LogP contribution in [0.1, 0.15) is 45.4 Å². The molecule has 0 radical (unpaired) electrons. The summed E-state index contributed by atoms with van der Waals surface area (Å²) in [7, 11) is 1.86. The van der Waals surface area contributed by atoms with E-state index in [2.05, 4.69) is 0 Å². The summed E-state index contributed by atoms with van der Waals surface area (Å²) in [5.74, 6) is 0.210. The van der Waals surface area contributed by atoms with Crippen LogP contribution in [0.3, 0.4) is 0 Å². The van der Waals surface area contributed by atoms with Crippen molar-refractivity contribution in [2.45, 2.75) is 45.4 Å². The van der Waals surface area contributed by atoms with E-state index in [4.69, 9.17) is 10.5 Å². The first kappa shape index (κ1) is 15.4. The Kier molecular flexibility index (Phi) is 6.65. The normalized spacial score (nSPS) is 18.6. The van der Waals surface area contributed by atoms with Gasteiger partial charge in [0, 0.05) is 26.6 Å². The van der Waals surface area contributed by atoms with E-state index >= 15 is 0 Å².